The zero-order chi connectivity index (χ0) is 23.7. The molecule has 166 valence electrons. The van der Waals surface area contributed by atoms with Gasteiger partial charge in [0.15, 0.2) is 0 Å². The summed E-state index contributed by atoms with van der Waals surface area (Å²) in [5.41, 5.74) is 4.93. The molecule has 0 radical (unpaired) electrons. The summed E-state index contributed by atoms with van der Waals surface area (Å²) in [6, 6.07) is 15.9. The van der Waals surface area contributed by atoms with Crippen molar-refractivity contribution in [1.29, 1.82) is 0 Å². The van der Waals surface area contributed by atoms with Gasteiger partial charge in [-0.25, -0.2) is 9.78 Å². The van der Waals surface area contributed by atoms with E-state index in [-0.39, 0.29) is 0 Å². The van der Waals surface area contributed by atoms with Crippen LogP contribution in [0.2, 0.25) is 0 Å². The Hall–Kier alpha value is -4.14. The van der Waals surface area contributed by atoms with E-state index in [1.165, 1.54) is 0 Å². The Bertz CT molecular complexity index is 1110. The van der Waals surface area contributed by atoms with Crippen LogP contribution in [-0.2, 0) is 4.79 Å². The highest BCUT2D eigenvalue weighted by Crippen LogP contribution is 2.22. The minimum absolute atomic E-state index is 0.536. The zero-order valence-electron chi connectivity index (χ0n) is 17.1. The molecule has 0 aliphatic heterocycles. The van der Waals surface area contributed by atoms with E-state index >= 15 is 0 Å². The summed E-state index contributed by atoms with van der Waals surface area (Å²) in [6.45, 7) is 9.56. The summed E-state index contributed by atoms with van der Waals surface area (Å²) in [5, 5.41) is 13.7. The van der Waals surface area contributed by atoms with Crippen LogP contribution in [-0.4, -0.2) is 27.2 Å². The number of hydrogen-bond acceptors (Lipinski definition) is 5. The molecule has 0 saturated carbocycles. The fourth-order valence-corrected chi connectivity index (χ4v) is 2.38. The van der Waals surface area contributed by atoms with E-state index in [0.717, 1.165) is 33.9 Å². The number of carbonyl (C=O) groups is 1. The Balaban J connectivity index is 0.000000451. The highest BCUT2D eigenvalue weighted by molar-refractivity contribution is 5.73. The van der Waals surface area contributed by atoms with E-state index in [9.17, 15) is 13.2 Å². The molecule has 32 heavy (non-hydrogen) atoms. The van der Waals surface area contributed by atoms with E-state index in [1.807, 2.05) is 61.5 Å². The topological polar surface area (TPSA) is 87.1 Å². The number of anilines is 4. The number of alkyl halides is 3. The molecule has 0 spiro atoms. The highest BCUT2D eigenvalue weighted by Gasteiger charge is 2.38. The Morgan fingerprint density at radius 1 is 1.00 bits per heavy atom. The fourth-order valence-electron chi connectivity index (χ4n) is 2.38. The SMILES string of the molecule is C=Cc1cccc(Nc2ncc(C)c(Nc3cccc(C=C)c3)n2)c1.O=C(O)C(F)(F)F. The lowest BCUT2D eigenvalue weighted by Gasteiger charge is -2.11. The number of nitrogens with zero attached hydrogens (tertiary/aromatic N) is 2. The van der Waals surface area contributed by atoms with Crippen LogP contribution in [0.3, 0.4) is 0 Å². The van der Waals surface area contributed by atoms with Gasteiger partial charge in [-0.1, -0.05) is 49.6 Å². The fraction of sp³-hybridized carbons (Fsp3) is 0.0870. The second kappa shape index (κ2) is 10.8. The Morgan fingerprint density at radius 3 is 1.97 bits per heavy atom. The number of rotatable bonds is 6. The first-order valence-corrected chi connectivity index (χ1v) is 9.25. The van der Waals surface area contributed by atoms with Crippen LogP contribution in [0.1, 0.15) is 16.7 Å². The van der Waals surface area contributed by atoms with Crippen molar-refractivity contribution in [2.24, 2.45) is 0 Å². The zero-order valence-corrected chi connectivity index (χ0v) is 17.1. The van der Waals surface area contributed by atoms with Gasteiger partial charge in [0.25, 0.3) is 0 Å². The Morgan fingerprint density at radius 2 is 1.50 bits per heavy atom. The summed E-state index contributed by atoms with van der Waals surface area (Å²) in [6.07, 6.45) is 0.338. The van der Waals surface area contributed by atoms with Gasteiger partial charge in [-0.15, -0.1) is 0 Å². The van der Waals surface area contributed by atoms with Crippen molar-refractivity contribution >= 4 is 41.3 Å². The number of carboxylic acids is 1. The van der Waals surface area contributed by atoms with Crippen molar-refractivity contribution in [3.8, 4) is 0 Å². The van der Waals surface area contributed by atoms with Gasteiger partial charge in [0.2, 0.25) is 5.95 Å². The first-order chi connectivity index (χ1) is 15.1. The molecule has 0 atom stereocenters. The standard InChI is InChI=1S/C21H20N4.C2HF3O2/c1-4-16-8-6-10-18(12-16)23-20-15(3)14-22-21(25-20)24-19-11-7-9-17(5-2)13-19;3-2(4,5)1(6)7/h4-14H,1-2H2,3H3,(H2,22,23,24,25);(H,6,7). The molecule has 0 aliphatic carbocycles. The van der Waals surface area contributed by atoms with Crippen LogP contribution in [0.5, 0.6) is 0 Å². The van der Waals surface area contributed by atoms with Gasteiger partial charge in [-0.3, -0.25) is 0 Å². The van der Waals surface area contributed by atoms with Crippen molar-refractivity contribution < 1.29 is 23.1 Å². The maximum atomic E-state index is 10.6. The molecule has 3 N–H and O–H groups in total. The van der Waals surface area contributed by atoms with Crippen molar-refractivity contribution in [2.45, 2.75) is 13.1 Å². The average molecular weight is 442 g/mol. The number of nitrogens with one attached hydrogen (secondary N) is 2. The molecule has 2 aromatic carbocycles. The van der Waals surface area contributed by atoms with Crippen molar-refractivity contribution in [3.05, 3.63) is 84.6 Å². The predicted octanol–water partition coefficient (Wildman–Crippen LogP) is 6.19. The van der Waals surface area contributed by atoms with Gasteiger partial charge < -0.3 is 15.7 Å². The molecule has 6 nitrogen and oxygen atoms in total. The lowest BCUT2D eigenvalue weighted by atomic mass is 10.2. The normalized spacial score (nSPS) is 10.4. The average Bonchev–Trinajstić information content (AvgIpc) is 2.76. The Kier molecular flexibility index (Phi) is 8.11. The molecule has 3 aromatic rings. The van der Waals surface area contributed by atoms with Crippen molar-refractivity contribution in [3.63, 3.8) is 0 Å². The molecule has 9 heteroatoms. The quantitative estimate of drug-likeness (QED) is 0.422. The smallest absolute Gasteiger partial charge is 0.475 e. The third-order valence-electron chi connectivity index (χ3n) is 3.98. The van der Waals surface area contributed by atoms with Crippen LogP contribution in [0.4, 0.5) is 36.3 Å². The molecule has 0 bridgehead atoms. The number of hydrogen-bond donors (Lipinski definition) is 3. The maximum absolute atomic E-state index is 10.6. The van der Waals surface area contributed by atoms with E-state index in [4.69, 9.17) is 9.90 Å². The molecular formula is C23H21F3N4O2. The first kappa shape index (κ1) is 24.1. The van der Waals surface area contributed by atoms with Crippen molar-refractivity contribution in [1.82, 2.24) is 9.97 Å². The van der Waals surface area contributed by atoms with Crippen LogP contribution in [0.25, 0.3) is 12.2 Å². The van der Waals surface area contributed by atoms with Crippen LogP contribution in [0, 0.1) is 6.92 Å². The summed E-state index contributed by atoms with van der Waals surface area (Å²) in [4.78, 5) is 17.8. The molecule has 0 fully saturated rings. The number of carboxylic acid groups (broad SMARTS) is 1. The molecule has 1 heterocycles. The highest BCUT2D eigenvalue weighted by atomic mass is 19.4. The summed E-state index contributed by atoms with van der Waals surface area (Å²) in [7, 11) is 0. The number of benzene rings is 2. The lowest BCUT2D eigenvalue weighted by molar-refractivity contribution is -0.192. The van der Waals surface area contributed by atoms with E-state index in [1.54, 1.807) is 12.3 Å². The van der Waals surface area contributed by atoms with Crippen LogP contribution >= 0.6 is 0 Å². The summed E-state index contributed by atoms with van der Waals surface area (Å²) in [5.74, 6) is -1.46. The third kappa shape index (κ3) is 7.28. The monoisotopic (exact) mass is 442 g/mol. The molecule has 3 rings (SSSR count). The molecule has 0 saturated heterocycles. The summed E-state index contributed by atoms with van der Waals surface area (Å²) >= 11 is 0. The van der Waals surface area contributed by atoms with Crippen LogP contribution < -0.4 is 10.6 Å². The van der Waals surface area contributed by atoms with Gasteiger partial charge in [0.05, 0.1) is 0 Å². The van der Waals surface area contributed by atoms with E-state index in [2.05, 4.69) is 33.8 Å². The lowest BCUT2D eigenvalue weighted by Crippen LogP contribution is -2.21. The molecule has 0 aliphatic rings. The number of aryl methyl sites for hydroxylation is 1. The molecule has 0 amide bonds. The number of aromatic nitrogens is 2. The largest absolute Gasteiger partial charge is 0.490 e. The molecular weight excluding hydrogens is 421 g/mol. The molecule has 0 unspecified atom stereocenters. The van der Waals surface area contributed by atoms with Crippen LogP contribution in [0.15, 0.2) is 67.9 Å². The van der Waals surface area contributed by atoms with Gasteiger partial charge in [-0.05, 0) is 42.3 Å². The maximum Gasteiger partial charge on any atom is 0.490 e. The summed E-state index contributed by atoms with van der Waals surface area (Å²) < 4.78 is 31.7. The first-order valence-electron chi connectivity index (χ1n) is 9.25. The minimum atomic E-state index is -5.08. The minimum Gasteiger partial charge on any atom is -0.475 e. The van der Waals surface area contributed by atoms with Gasteiger partial charge in [0.1, 0.15) is 5.82 Å². The van der Waals surface area contributed by atoms with Gasteiger partial charge >= 0.3 is 12.1 Å². The van der Waals surface area contributed by atoms with E-state index < -0.39 is 12.1 Å². The van der Waals surface area contributed by atoms with Crippen molar-refractivity contribution in [2.75, 3.05) is 10.6 Å². The number of aliphatic carboxylic acids is 1. The van der Waals surface area contributed by atoms with Gasteiger partial charge in [0, 0.05) is 23.1 Å². The second-order valence-electron chi connectivity index (χ2n) is 6.44. The third-order valence-corrected chi connectivity index (χ3v) is 3.98. The van der Waals surface area contributed by atoms with E-state index in [0.29, 0.717) is 5.95 Å². The Labute approximate surface area is 183 Å². The van der Waals surface area contributed by atoms with Gasteiger partial charge in [-0.2, -0.15) is 18.2 Å². The number of halogens is 3. The predicted molar refractivity (Wildman–Crippen MR) is 120 cm³/mol. The second-order valence-corrected chi connectivity index (χ2v) is 6.44. The molecule has 1 aromatic heterocycles.